The highest BCUT2D eigenvalue weighted by Gasteiger charge is 2.22. The third kappa shape index (κ3) is 5.25. The van der Waals surface area contributed by atoms with E-state index in [1.165, 1.54) is 0 Å². The van der Waals surface area contributed by atoms with Crippen LogP contribution in [0.3, 0.4) is 0 Å². The van der Waals surface area contributed by atoms with Crippen molar-refractivity contribution < 1.29 is 18.8 Å². The number of amides is 1. The maximum Gasteiger partial charge on any atom is 0.408 e. The van der Waals surface area contributed by atoms with Crippen molar-refractivity contribution in [2.45, 2.75) is 52.4 Å². The molecule has 2 heterocycles. The predicted molar refractivity (Wildman–Crippen MR) is 90.7 cm³/mol. The first-order valence-electron chi connectivity index (χ1n) is 8.02. The normalized spacial score (nSPS) is 14.0. The van der Waals surface area contributed by atoms with Crippen molar-refractivity contribution >= 4 is 6.09 Å². The summed E-state index contributed by atoms with van der Waals surface area (Å²) < 4.78 is 15.7. The summed E-state index contributed by atoms with van der Waals surface area (Å²) in [4.78, 5) is 20.4. The van der Waals surface area contributed by atoms with E-state index in [2.05, 4.69) is 20.4 Å². The van der Waals surface area contributed by atoms with Gasteiger partial charge in [-0.3, -0.25) is 4.98 Å². The minimum absolute atomic E-state index is 0.140. The molecule has 0 radical (unpaired) electrons. The minimum atomic E-state index is -0.574. The van der Waals surface area contributed by atoms with E-state index in [0.717, 1.165) is 11.3 Å². The Kier molecular flexibility index (Phi) is 5.73. The van der Waals surface area contributed by atoms with Crippen LogP contribution in [-0.4, -0.2) is 33.9 Å². The highest BCUT2D eigenvalue weighted by atomic mass is 16.6. The molecule has 0 aliphatic heterocycles. The van der Waals surface area contributed by atoms with Crippen LogP contribution in [0.2, 0.25) is 0 Å². The molecule has 136 valence electrons. The second-order valence-corrected chi connectivity index (χ2v) is 6.67. The van der Waals surface area contributed by atoms with E-state index >= 15 is 0 Å². The third-order valence-corrected chi connectivity index (χ3v) is 3.35. The molecule has 25 heavy (non-hydrogen) atoms. The van der Waals surface area contributed by atoms with Gasteiger partial charge >= 0.3 is 6.09 Å². The molecule has 2 atom stereocenters. The zero-order chi connectivity index (χ0) is 18.6. The summed E-state index contributed by atoms with van der Waals surface area (Å²) in [6.07, 6.45) is 0.984. The molecule has 1 N–H and O–H groups in total. The van der Waals surface area contributed by atoms with Gasteiger partial charge in [-0.2, -0.15) is 4.98 Å². The zero-order valence-electron chi connectivity index (χ0n) is 15.4. The number of carbonyl (C=O) groups is 1. The number of nitrogens with zero attached hydrogens (tertiary/aromatic N) is 3. The lowest BCUT2D eigenvalue weighted by atomic mass is 10.1. The highest BCUT2D eigenvalue weighted by molar-refractivity contribution is 5.68. The molecule has 8 heteroatoms. The number of alkyl carbamates (subject to hydrolysis) is 1. The topological polar surface area (TPSA) is 99.4 Å². The van der Waals surface area contributed by atoms with Crippen LogP contribution < -0.4 is 5.32 Å². The SMILES string of the molecule is COC(C)c1cc(-c2noc([C@H](C)NC(=O)OC(C)(C)C)n2)ccn1. The van der Waals surface area contributed by atoms with E-state index in [4.69, 9.17) is 14.0 Å². The molecule has 0 bridgehead atoms. The minimum Gasteiger partial charge on any atom is -0.444 e. The van der Waals surface area contributed by atoms with Crippen LogP contribution in [0.15, 0.2) is 22.9 Å². The van der Waals surface area contributed by atoms with Crippen molar-refractivity contribution in [2.75, 3.05) is 7.11 Å². The molecule has 2 rings (SSSR count). The van der Waals surface area contributed by atoms with E-state index in [0.29, 0.717) is 11.7 Å². The van der Waals surface area contributed by atoms with Gasteiger partial charge in [0.2, 0.25) is 11.7 Å². The van der Waals surface area contributed by atoms with Crippen molar-refractivity contribution in [3.8, 4) is 11.4 Å². The molecule has 0 fully saturated rings. The second-order valence-electron chi connectivity index (χ2n) is 6.67. The first kappa shape index (κ1) is 18.9. The van der Waals surface area contributed by atoms with Crippen molar-refractivity contribution in [1.29, 1.82) is 0 Å². The number of carbonyl (C=O) groups excluding carboxylic acids is 1. The lowest BCUT2D eigenvalue weighted by molar-refractivity contribution is 0.0499. The molecule has 1 amide bonds. The molecule has 0 saturated carbocycles. The number of methoxy groups -OCH3 is 1. The summed E-state index contributed by atoms with van der Waals surface area (Å²) >= 11 is 0. The molecule has 8 nitrogen and oxygen atoms in total. The maximum absolute atomic E-state index is 11.8. The fraction of sp³-hybridized carbons (Fsp3) is 0.529. The predicted octanol–water partition coefficient (Wildman–Crippen LogP) is 3.42. The molecular formula is C17H24N4O4. The number of hydrogen-bond acceptors (Lipinski definition) is 7. The van der Waals surface area contributed by atoms with E-state index < -0.39 is 17.7 Å². The van der Waals surface area contributed by atoms with Gasteiger partial charge in [0.1, 0.15) is 11.6 Å². The fourth-order valence-electron chi connectivity index (χ4n) is 2.00. The molecular weight excluding hydrogens is 324 g/mol. The van der Waals surface area contributed by atoms with Crippen LogP contribution in [-0.2, 0) is 9.47 Å². The lowest BCUT2D eigenvalue weighted by Gasteiger charge is -2.20. The molecule has 0 aliphatic carbocycles. The first-order valence-corrected chi connectivity index (χ1v) is 8.02. The highest BCUT2D eigenvalue weighted by Crippen LogP contribution is 2.22. The van der Waals surface area contributed by atoms with Crippen molar-refractivity contribution in [3.05, 3.63) is 29.9 Å². The van der Waals surface area contributed by atoms with Gasteiger partial charge in [-0.1, -0.05) is 5.16 Å². The second kappa shape index (κ2) is 7.60. The Morgan fingerprint density at radius 1 is 1.32 bits per heavy atom. The van der Waals surface area contributed by atoms with Crippen molar-refractivity contribution in [1.82, 2.24) is 20.4 Å². The molecule has 0 aliphatic rings. The summed E-state index contributed by atoms with van der Waals surface area (Å²) in [7, 11) is 1.62. The Bertz CT molecular complexity index is 723. The van der Waals surface area contributed by atoms with Gasteiger partial charge < -0.3 is 19.3 Å². The fourth-order valence-corrected chi connectivity index (χ4v) is 2.00. The molecule has 0 saturated heterocycles. The molecule has 1 unspecified atom stereocenters. The van der Waals surface area contributed by atoms with E-state index in [-0.39, 0.29) is 6.10 Å². The Balaban J connectivity index is 2.10. The molecule has 2 aromatic rings. The van der Waals surface area contributed by atoms with Crippen LogP contribution in [0.1, 0.15) is 58.3 Å². The van der Waals surface area contributed by atoms with E-state index in [1.54, 1.807) is 47.1 Å². The zero-order valence-corrected chi connectivity index (χ0v) is 15.4. The van der Waals surface area contributed by atoms with Gasteiger partial charge in [-0.05, 0) is 46.8 Å². The van der Waals surface area contributed by atoms with Gasteiger partial charge in [-0.25, -0.2) is 4.79 Å². The summed E-state index contributed by atoms with van der Waals surface area (Å²) in [6.45, 7) is 9.03. The Morgan fingerprint density at radius 3 is 2.68 bits per heavy atom. The summed E-state index contributed by atoms with van der Waals surface area (Å²) in [5.74, 6) is 0.707. The number of rotatable bonds is 5. The summed E-state index contributed by atoms with van der Waals surface area (Å²) in [6, 6.07) is 3.15. The number of pyridine rings is 1. The van der Waals surface area contributed by atoms with Gasteiger partial charge in [0, 0.05) is 18.9 Å². The van der Waals surface area contributed by atoms with Gasteiger partial charge in [0.25, 0.3) is 0 Å². The van der Waals surface area contributed by atoms with Crippen LogP contribution in [0.25, 0.3) is 11.4 Å². The molecule has 2 aromatic heterocycles. The first-order chi connectivity index (χ1) is 11.7. The van der Waals surface area contributed by atoms with Crippen molar-refractivity contribution in [3.63, 3.8) is 0 Å². The third-order valence-electron chi connectivity index (χ3n) is 3.35. The molecule has 0 spiro atoms. The van der Waals surface area contributed by atoms with Crippen LogP contribution in [0.5, 0.6) is 0 Å². The quantitative estimate of drug-likeness (QED) is 0.883. The van der Waals surface area contributed by atoms with Gasteiger partial charge in [0.05, 0.1) is 11.8 Å². The summed E-state index contributed by atoms with van der Waals surface area (Å²) in [5.41, 5.74) is 0.953. The number of hydrogen-bond donors (Lipinski definition) is 1. The van der Waals surface area contributed by atoms with Crippen LogP contribution in [0.4, 0.5) is 4.79 Å². The number of aromatic nitrogens is 3. The summed E-state index contributed by atoms with van der Waals surface area (Å²) in [5, 5.41) is 6.64. The Labute approximate surface area is 146 Å². The van der Waals surface area contributed by atoms with E-state index in [9.17, 15) is 4.79 Å². The Hall–Kier alpha value is -2.48. The standard InChI is InChI=1S/C17H24N4O4/c1-10(19-16(22)24-17(3,4)5)15-20-14(21-25-15)12-7-8-18-13(9-12)11(2)23-6/h7-11H,1-6H3,(H,19,22)/t10-,11?/m0/s1. The van der Waals surface area contributed by atoms with Crippen LogP contribution in [0, 0.1) is 0 Å². The number of ether oxygens (including phenoxy) is 2. The average molecular weight is 348 g/mol. The van der Waals surface area contributed by atoms with Gasteiger partial charge in [-0.15, -0.1) is 0 Å². The lowest BCUT2D eigenvalue weighted by Crippen LogP contribution is -2.34. The smallest absolute Gasteiger partial charge is 0.408 e. The molecule has 0 aromatic carbocycles. The number of nitrogens with one attached hydrogen (secondary N) is 1. The van der Waals surface area contributed by atoms with Crippen molar-refractivity contribution in [2.24, 2.45) is 0 Å². The Morgan fingerprint density at radius 2 is 2.04 bits per heavy atom. The van der Waals surface area contributed by atoms with Crippen LogP contribution >= 0.6 is 0 Å². The van der Waals surface area contributed by atoms with Gasteiger partial charge in [0.15, 0.2) is 0 Å². The van der Waals surface area contributed by atoms with E-state index in [1.807, 2.05) is 13.0 Å². The average Bonchev–Trinajstić information content (AvgIpc) is 3.02. The maximum atomic E-state index is 11.8. The largest absolute Gasteiger partial charge is 0.444 e. The monoisotopic (exact) mass is 348 g/mol.